The van der Waals surface area contributed by atoms with E-state index < -0.39 is 0 Å². The van der Waals surface area contributed by atoms with Crippen LogP contribution in [0.4, 0.5) is 0 Å². The maximum atomic E-state index is 12.9. The van der Waals surface area contributed by atoms with Gasteiger partial charge in [-0.1, -0.05) is 47.7 Å². The summed E-state index contributed by atoms with van der Waals surface area (Å²) in [6, 6.07) is 13.8. The van der Waals surface area contributed by atoms with Gasteiger partial charge in [-0.25, -0.2) is 0 Å². The van der Waals surface area contributed by atoms with Crippen LogP contribution in [0.5, 0.6) is 5.75 Å². The van der Waals surface area contributed by atoms with Crippen molar-refractivity contribution in [2.75, 3.05) is 20.2 Å². The van der Waals surface area contributed by atoms with Crippen molar-refractivity contribution in [1.29, 1.82) is 0 Å². The summed E-state index contributed by atoms with van der Waals surface area (Å²) in [5.41, 5.74) is 4.37. The predicted octanol–water partition coefficient (Wildman–Crippen LogP) is 4.06. The van der Waals surface area contributed by atoms with Crippen LogP contribution in [0, 0.1) is 13.8 Å². The molecule has 0 saturated carbocycles. The normalized spacial score (nSPS) is 13.7. The minimum absolute atomic E-state index is 0.0536. The summed E-state index contributed by atoms with van der Waals surface area (Å²) >= 11 is 1.62. The summed E-state index contributed by atoms with van der Waals surface area (Å²) in [5, 5.41) is 0.789. The Labute approximate surface area is 152 Å². The van der Waals surface area contributed by atoms with E-state index in [1.54, 1.807) is 29.8 Å². The topological polar surface area (TPSA) is 41.9 Å². The molecule has 2 aromatic rings. The number of hydrogen-bond donors (Lipinski definition) is 0. The minimum Gasteiger partial charge on any atom is -0.496 e. The molecule has 0 atom stereocenters. The quantitative estimate of drug-likeness (QED) is 0.831. The predicted molar refractivity (Wildman–Crippen MR) is 104 cm³/mol. The number of methoxy groups -OCH3 is 1. The van der Waals surface area contributed by atoms with Crippen molar-refractivity contribution in [3.63, 3.8) is 0 Å². The molecule has 0 spiro atoms. The Bertz CT molecular complexity index is 817. The Hall–Kier alpha value is -2.27. The number of carbonyl (C=O) groups excluding carboxylic acids is 1. The van der Waals surface area contributed by atoms with Gasteiger partial charge in [0.1, 0.15) is 5.75 Å². The third-order valence-electron chi connectivity index (χ3n) is 4.25. The number of carbonyl (C=O) groups is 1. The number of thioether (sulfide) groups is 1. The zero-order valence-electron chi connectivity index (χ0n) is 14.8. The highest BCUT2D eigenvalue weighted by Crippen LogP contribution is 2.26. The summed E-state index contributed by atoms with van der Waals surface area (Å²) < 4.78 is 5.33. The van der Waals surface area contributed by atoms with E-state index in [2.05, 4.69) is 37.0 Å². The maximum absolute atomic E-state index is 12.9. The lowest BCUT2D eigenvalue weighted by Gasteiger charge is -2.19. The highest BCUT2D eigenvalue weighted by atomic mass is 32.2. The van der Waals surface area contributed by atoms with Crippen LogP contribution in [0.25, 0.3) is 0 Å². The van der Waals surface area contributed by atoms with Crippen molar-refractivity contribution in [2.24, 2.45) is 4.99 Å². The lowest BCUT2D eigenvalue weighted by molar-refractivity contribution is 0.0857. The Morgan fingerprint density at radius 3 is 2.84 bits per heavy atom. The number of ether oxygens (including phenoxy) is 1. The maximum Gasteiger partial charge on any atom is 0.263 e. The van der Waals surface area contributed by atoms with Gasteiger partial charge in [-0.15, -0.1) is 0 Å². The highest BCUT2D eigenvalue weighted by Gasteiger charge is 2.27. The number of hydrogen-bond acceptors (Lipinski definition) is 4. The van der Waals surface area contributed by atoms with Gasteiger partial charge in [0, 0.05) is 12.3 Å². The Kier molecular flexibility index (Phi) is 5.43. The van der Waals surface area contributed by atoms with Crippen LogP contribution >= 0.6 is 11.8 Å². The average molecular weight is 354 g/mol. The van der Waals surface area contributed by atoms with Crippen molar-refractivity contribution in [1.82, 2.24) is 4.90 Å². The first-order chi connectivity index (χ1) is 12.1. The minimum atomic E-state index is -0.0536. The molecule has 0 radical (unpaired) electrons. The molecule has 3 rings (SSSR count). The summed E-state index contributed by atoms with van der Waals surface area (Å²) in [6.07, 6.45) is 0. The van der Waals surface area contributed by atoms with Crippen molar-refractivity contribution < 1.29 is 9.53 Å². The van der Waals surface area contributed by atoms with Crippen molar-refractivity contribution in [3.8, 4) is 5.75 Å². The lowest BCUT2D eigenvalue weighted by Crippen LogP contribution is -2.33. The lowest BCUT2D eigenvalue weighted by atomic mass is 10.1. The number of rotatable bonds is 4. The molecule has 0 unspecified atom stereocenters. The van der Waals surface area contributed by atoms with E-state index in [-0.39, 0.29) is 5.91 Å². The number of nitrogens with zero attached hydrogens (tertiary/aromatic N) is 2. The molecule has 0 saturated heterocycles. The molecule has 130 valence electrons. The van der Waals surface area contributed by atoms with Crippen LogP contribution in [0.15, 0.2) is 47.5 Å². The fraction of sp³-hybridized carbons (Fsp3) is 0.300. The molecule has 1 aliphatic rings. The third kappa shape index (κ3) is 3.87. The van der Waals surface area contributed by atoms with Gasteiger partial charge in [0.05, 0.1) is 19.2 Å². The summed E-state index contributed by atoms with van der Waals surface area (Å²) in [7, 11) is 1.58. The second-order valence-electron chi connectivity index (χ2n) is 6.04. The van der Waals surface area contributed by atoms with Gasteiger partial charge in [-0.2, -0.15) is 0 Å². The van der Waals surface area contributed by atoms with Gasteiger partial charge in [0.15, 0.2) is 5.17 Å². The molecule has 5 heteroatoms. The van der Waals surface area contributed by atoms with Crippen molar-refractivity contribution in [3.05, 3.63) is 64.7 Å². The van der Waals surface area contributed by atoms with Gasteiger partial charge in [0.2, 0.25) is 0 Å². The van der Waals surface area contributed by atoms with Crippen molar-refractivity contribution >= 4 is 22.8 Å². The van der Waals surface area contributed by atoms with Gasteiger partial charge in [-0.05, 0) is 37.1 Å². The molecule has 1 aliphatic heterocycles. The molecule has 0 aromatic heterocycles. The molecule has 0 aliphatic carbocycles. The standard InChI is InChI=1S/C20H22N2O2S/c1-14-8-9-15(2)16(12-14)13-25-20-21-10-11-22(20)19(23)17-6-4-5-7-18(17)24-3/h4-9,12H,10-11,13H2,1-3H3. The first kappa shape index (κ1) is 17.5. The fourth-order valence-electron chi connectivity index (χ4n) is 2.80. The SMILES string of the molecule is COc1ccccc1C(=O)N1CCN=C1SCc1cc(C)ccc1C. The van der Waals surface area contributed by atoms with Crippen LogP contribution in [0.2, 0.25) is 0 Å². The van der Waals surface area contributed by atoms with E-state index in [1.165, 1.54) is 16.7 Å². The summed E-state index contributed by atoms with van der Waals surface area (Å²) in [4.78, 5) is 19.2. The number of para-hydroxylation sites is 1. The summed E-state index contributed by atoms with van der Waals surface area (Å²) in [6.45, 7) is 5.48. The molecule has 1 heterocycles. The first-order valence-electron chi connectivity index (χ1n) is 8.28. The molecule has 25 heavy (non-hydrogen) atoms. The number of benzene rings is 2. The van der Waals surface area contributed by atoms with Crippen LogP contribution in [0.3, 0.4) is 0 Å². The Morgan fingerprint density at radius 1 is 1.24 bits per heavy atom. The number of aliphatic imine (C=N–C) groups is 1. The van der Waals surface area contributed by atoms with E-state index in [4.69, 9.17) is 4.74 Å². The molecule has 0 bridgehead atoms. The Morgan fingerprint density at radius 2 is 2.04 bits per heavy atom. The van der Waals surface area contributed by atoms with E-state index in [9.17, 15) is 4.79 Å². The second kappa shape index (κ2) is 7.74. The molecule has 0 N–H and O–H groups in total. The van der Waals surface area contributed by atoms with Crippen LogP contribution in [-0.2, 0) is 5.75 Å². The zero-order valence-corrected chi connectivity index (χ0v) is 15.6. The molecular weight excluding hydrogens is 332 g/mol. The number of aryl methyl sites for hydroxylation is 2. The number of amidine groups is 1. The van der Waals surface area contributed by atoms with Gasteiger partial charge in [-0.3, -0.25) is 14.7 Å². The zero-order chi connectivity index (χ0) is 17.8. The molecule has 2 aromatic carbocycles. The van der Waals surface area contributed by atoms with E-state index in [1.807, 2.05) is 18.2 Å². The summed E-state index contributed by atoms with van der Waals surface area (Å²) in [5.74, 6) is 1.35. The van der Waals surface area contributed by atoms with Gasteiger partial charge < -0.3 is 4.74 Å². The largest absolute Gasteiger partial charge is 0.496 e. The van der Waals surface area contributed by atoms with Crippen molar-refractivity contribution in [2.45, 2.75) is 19.6 Å². The van der Waals surface area contributed by atoms with Crippen LogP contribution < -0.4 is 4.74 Å². The molecule has 1 amide bonds. The van der Waals surface area contributed by atoms with E-state index in [0.717, 1.165) is 10.9 Å². The first-order valence-corrected chi connectivity index (χ1v) is 9.27. The highest BCUT2D eigenvalue weighted by molar-refractivity contribution is 8.13. The monoisotopic (exact) mass is 354 g/mol. The second-order valence-corrected chi connectivity index (χ2v) is 6.98. The molecule has 4 nitrogen and oxygen atoms in total. The Balaban J connectivity index is 1.74. The average Bonchev–Trinajstić information content (AvgIpc) is 3.10. The smallest absolute Gasteiger partial charge is 0.263 e. The van der Waals surface area contributed by atoms with Crippen LogP contribution in [0.1, 0.15) is 27.0 Å². The van der Waals surface area contributed by atoms with E-state index >= 15 is 0 Å². The van der Waals surface area contributed by atoms with E-state index in [0.29, 0.717) is 24.4 Å². The van der Waals surface area contributed by atoms with Crippen LogP contribution in [-0.4, -0.2) is 36.2 Å². The fourth-order valence-corrected chi connectivity index (χ4v) is 3.91. The molecular formula is C20H22N2O2S. The molecule has 0 fully saturated rings. The third-order valence-corrected chi connectivity index (χ3v) is 5.31. The number of amides is 1. The van der Waals surface area contributed by atoms with Gasteiger partial charge in [0.25, 0.3) is 5.91 Å². The van der Waals surface area contributed by atoms with Gasteiger partial charge >= 0.3 is 0 Å².